The molecule has 0 unspecified atom stereocenters. The van der Waals surface area contributed by atoms with Crippen molar-refractivity contribution >= 4 is 16.8 Å². The van der Waals surface area contributed by atoms with Crippen molar-refractivity contribution in [1.29, 1.82) is 0 Å². The number of carbonyl (C=O) groups excluding carboxylic acids is 1. The first kappa shape index (κ1) is 20.1. The van der Waals surface area contributed by atoms with Crippen molar-refractivity contribution in [2.24, 2.45) is 0 Å². The molecule has 0 saturated heterocycles. The van der Waals surface area contributed by atoms with Gasteiger partial charge in [-0.2, -0.15) is 0 Å². The summed E-state index contributed by atoms with van der Waals surface area (Å²) in [5, 5.41) is 3.87. The fourth-order valence-electron chi connectivity index (χ4n) is 4.11. The Balaban J connectivity index is 1.37. The highest BCUT2D eigenvalue weighted by atomic mass is 16.5. The molecule has 0 bridgehead atoms. The average molecular weight is 425 g/mol. The van der Waals surface area contributed by atoms with E-state index >= 15 is 0 Å². The molecule has 32 heavy (non-hydrogen) atoms. The Hall–Kier alpha value is -3.80. The second kappa shape index (κ2) is 9.14. The van der Waals surface area contributed by atoms with Gasteiger partial charge in [0.05, 0.1) is 16.8 Å². The van der Waals surface area contributed by atoms with Gasteiger partial charge in [0.25, 0.3) is 5.91 Å². The number of carbonyl (C=O) groups is 1. The molecule has 6 nitrogen and oxygen atoms in total. The summed E-state index contributed by atoms with van der Waals surface area (Å²) < 4.78 is 5.99. The second-order valence-corrected chi connectivity index (χ2v) is 8.02. The van der Waals surface area contributed by atoms with Crippen LogP contribution < -0.4 is 10.1 Å². The number of rotatable bonds is 6. The lowest BCUT2D eigenvalue weighted by molar-refractivity contribution is 0.0952. The van der Waals surface area contributed by atoms with Crippen molar-refractivity contribution in [1.82, 2.24) is 20.3 Å². The summed E-state index contributed by atoms with van der Waals surface area (Å²) in [7, 11) is 0. The first-order valence-electron chi connectivity index (χ1n) is 11.0. The van der Waals surface area contributed by atoms with E-state index in [1.54, 1.807) is 18.6 Å². The van der Waals surface area contributed by atoms with Crippen molar-refractivity contribution in [3.05, 3.63) is 84.3 Å². The quantitative estimate of drug-likeness (QED) is 0.474. The van der Waals surface area contributed by atoms with E-state index in [2.05, 4.69) is 15.3 Å². The van der Waals surface area contributed by atoms with Crippen LogP contribution in [0, 0.1) is 0 Å². The molecule has 1 saturated carbocycles. The van der Waals surface area contributed by atoms with Gasteiger partial charge in [-0.15, -0.1) is 0 Å². The highest BCUT2D eigenvalue weighted by Gasteiger charge is 2.17. The van der Waals surface area contributed by atoms with Gasteiger partial charge in [0, 0.05) is 42.2 Å². The van der Waals surface area contributed by atoms with Crippen LogP contribution in [0.25, 0.3) is 22.2 Å². The number of aromatic nitrogens is 3. The van der Waals surface area contributed by atoms with Crippen LogP contribution in [0.5, 0.6) is 5.88 Å². The lowest BCUT2D eigenvalue weighted by Crippen LogP contribution is -2.23. The fraction of sp³-hybridized carbons (Fsp3) is 0.231. The molecule has 6 heteroatoms. The van der Waals surface area contributed by atoms with Crippen LogP contribution in [0.3, 0.4) is 0 Å². The van der Waals surface area contributed by atoms with Crippen molar-refractivity contribution < 1.29 is 9.53 Å². The molecule has 3 aromatic heterocycles. The van der Waals surface area contributed by atoms with Crippen LogP contribution in [0.1, 0.15) is 41.6 Å². The molecule has 1 aliphatic rings. The third kappa shape index (κ3) is 4.44. The van der Waals surface area contributed by atoms with Crippen molar-refractivity contribution in [2.75, 3.05) is 0 Å². The summed E-state index contributed by atoms with van der Waals surface area (Å²) in [6, 6.07) is 17.1. The Morgan fingerprint density at radius 3 is 2.66 bits per heavy atom. The molecule has 1 amide bonds. The molecule has 1 aliphatic carbocycles. The third-order valence-electron chi connectivity index (χ3n) is 5.78. The normalized spacial score (nSPS) is 13.9. The number of fused-ring (bicyclic) bond motifs is 1. The largest absolute Gasteiger partial charge is 0.474 e. The molecule has 0 aliphatic heterocycles. The average Bonchev–Trinajstić information content (AvgIpc) is 3.35. The standard InChI is InChI=1S/C26H24N4O2/c31-26(29-17-18-9-14-28-25(15-18)32-20-5-1-2-6-20)22-16-24(19-10-12-27-13-11-19)30-23-8-4-3-7-21(22)23/h3-4,7-16,20H,1-2,5-6,17H2,(H,29,31). The van der Waals surface area contributed by atoms with Crippen LogP contribution in [0.4, 0.5) is 0 Å². The number of pyridine rings is 3. The van der Waals surface area contributed by atoms with Gasteiger partial charge in [0.15, 0.2) is 0 Å². The van der Waals surface area contributed by atoms with E-state index < -0.39 is 0 Å². The smallest absolute Gasteiger partial charge is 0.252 e. The molecular formula is C26H24N4O2. The highest BCUT2D eigenvalue weighted by molar-refractivity contribution is 6.07. The molecule has 1 fully saturated rings. The van der Waals surface area contributed by atoms with Crippen molar-refractivity contribution in [3.8, 4) is 17.1 Å². The van der Waals surface area contributed by atoms with E-state index in [0.29, 0.717) is 18.0 Å². The second-order valence-electron chi connectivity index (χ2n) is 8.02. The Bertz CT molecular complexity index is 1240. The van der Waals surface area contributed by atoms with E-state index in [1.807, 2.05) is 54.6 Å². The molecule has 0 atom stereocenters. The van der Waals surface area contributed by atoms with Gasteiger partial charge in [-0.05, 0) is 61.6 Å². The molecule has 5 rings (SSSR count). The maximum atomic E-state index is 13.2. The number of benzene rings is 1. The van der Waals surface area contributed by atoms with E-state index in [4.69, 9.17) is 9.72 Å². The molecule has 1 aromatic carbocycles. The summed E-state index contributed by atoms with van der Waals surface area (Å²) >= 11 is 0. The summed E-state index contributed by atoms with van der Waals surface area (Å²) in [6.07, 6.45) is 10.0. The number of nitrogens with zero attached hydrogens (tertiary/aromatic N) is 3. The lowest BCUT2D eigenvalue weighted by atomic mass is 10.0. The van der Waals surface area contributed by atoms with Gasteiger partial charge in [0.1, 0.15) is 6.10 Å². The van der Waals surface area contributed by atoms with Gasteiger partial charge in [-0.25, -0.2) is 9.97 Å². The lowest BCUT2D eigenvalue weighted by Gasteiger charge is -2.13. The van der Waals surface area contributed by atoms with Crippen LogP contribution >= 0.6 is 0 Å². The number of nitrogens with one attached hydrogen (secondary N) is 1. The van der Waals surface area contributed by atoms with E-state index in [9.17, 15) is 4.79 Å². The summed E-state index contributed by atoms with van der Waals surface area (Å²) in [6.45, 7) is 0.392. The topological polar surface area (TPSA) is 77.0 Å². The zero-order valence-corrected chi connectivity index (χ0v) is 17.7. The molecule has 3 heterocycles. The highest BCUT2D eigenvalue weighted by Crippen LogP contribution is 2.25. The molecule has 4 aromatic rings. The van der Waals surface area contributed by atoms with E-state index in [0.717, 1.165) is 40.6 Å². The van der Waals surface area contributed by atoms with Gasteiger partial charge in [-0.1, -0.05) is 18.2 Å². The zero-order valence-electron chi connectivity index (χ0n) is 17.7. The zero-order chi connectivity index (χ0) is 21.8. The summed E-state index contributed by atoms with van der Waals surface area (Å²) in [5.41, 5.74) is 3.99. The van der Waals surface area contributed by atoms with Crippen LogP contribution in [0.15, 0.2) is 73.2 Å². The van der Waals surface area contributed by atoms with Crippen LogP contribution in [0.2, 0.25) is 0 Å². The van der Waals surface area contributed by atoms with E-state index in [-0.39, 0.29) is 12.0 Å². The molecule has 0 spiro atoms. The van der Waals surface area contributed by atoms with E-state index in [1.165, 1.54) is 12.8 Å². The van der Waals surface area contributed by atoms with Gasteiger partial charge >= 0.3 is 0 Å². The van der Waals surface area contributed by atoms with Gasteiger partial charge in [-0.3, -0.25) is 9.78 Å². The Kier molecular flexibility index (Phi) is 5.75. The monoisotopic (exact) mass is 424 g/mol. The third-order valence-corrected chi connectivity index (χ3v) is 5.78. The maximum absolute atomic E-state index is 13.2. The Morgan fingerprint density at radius 2 is 1.81 bits per heavy atom. The molecule has 0 radical (unpaired) electrons. The first-order chi connectivity index (χ1) is 15.8. The molecular weight excluding hydrogens is 400 g/mol. The minimum atomic E-state index is -0.144. The molecule has 160 valence electrons. The van der Waals surface area contributed by atoms with Crippen molar-refractivity contribution in [3.63, 3.8) is 0 Å². The number of para-hydroxylation sites is 1. The SMILES string of the molecule is O=C(NCc1ccnc(OC2CCCC2)c1)c1cc(-c2ccncc2)nc2ccccc12. The fourth-order valence-corrected chi connectivity index (χ4v) is 4.11. The number of hydrogen-bond acceptors (Lipinski definition) is 5. The summed E-state index contributed by atoms with van der Waals surface area (Å²) in [4.78, 5) is 26.3. The van der Waals surface area contributed by atoms with Gasteiger partial charge < -0.3 is 10.1 Å². The minimum absolute atomic E-state index is 0.144. The summed E-state index contributed by atoms with van der Waals surface area (Å²) in [5.74, 6) is 0.479. The maximum Gasteiger partial charge on any atom is 0.252 e. The molecule has 1 N–H and O–H groups in total. The van der Waals surface area contributed by atoms with Gasteiger partial charge in [0.2, 0.25) is 5.88 Å². The first-order valence-corrected chi connectivity index (χ1v) is 11.0. The number of amides is 1. The minimum Gasteiger partial charge on any atom is -0.474 e. The number of ether oxygens (including phenoxy) is 1. The predicted molar refractivity (Wildman–Crippen MR) is 123 cm³/mol. The van der Waals surface area contributed by atoms with Crippen LogP contribution in [-0.4, -0.2) is 27.0 Å². The Morgan fingerprint density at radius 1 is 1.00 bits per heavy atom. The van der Waals surface area contributed by atoms with Crippen LogP contribution in [-0.2, 0) is 6.54 Å². The predicted octanol–water partition coefficient (Wildman–Crippen LogP) is 4.94. The number of hydrogen-bond donors (Lipinski definition) is 1. The van der Waals surface area contributed by atoms with Crippen molar-refractivity contribution in [2.45, 2.75) is 38.3 Å². The Labute approximate surface area is 186 Å².